The van der Waals surface area contributed by atoms with E-state index in [4.69, 9.17) is 14.2 Å². The Hall–Kier alpha value is -2.75. The molecule has 2 aromatic carbocycles. The van der Waals surface area contributed by atoms with Gasteiger partial charge in [0.15, 0.2) is 0 Å². The van der Waals surface area contributed by atoms with E-state index in [1.54, 1.807) is 0 Å². The van der Waals surface area contributed by atoms with E-state index in [0.717, 1.165) is 28.0 Å². The van der Waals surface area contributed by atoms with Crippen LogP contribution in [-0.2, 0) is 20.9 Å². The molecule has 0 unspecified atom stereocenters. The van der Waals surface area contributed by atoms with Gasteiger partial charge in [-0.2, -0.15) is 0 Å². The molecule has 0 saturated carbocycles. The lowest BCUT2D eigenvalue weighted by Gasteiger charge is -2.14. The molecule has 0 N–H and O–H groups in total. The molecule has 2 aromatic rings. The van der Waals surface area contributed by atoms with Gasteiger partial charge in [-0.15, -0.1) is 0 Å². The second-order valence-corrected chi connectivity index (χ2v) is 5.47. The van der Waals surface area contributed by atoms with E-state index in [1.165, 1.54) is 20.5 Å². The summed E-state index contributed by atoms with van der Waals surface area (Å²) >= 11 is 0. The molecule has 0 saturated heterocycles. The number of hydrogen-bond donors (Lipinski definition) is 0. The van der Waals surface area contributed by atoms with Gasteiger partial charge in [-0.25, -0.2) is 4.79 Å². The van der Waals surface area contributed by atoms with Gasteiger partial charge in [-0.3, -0.25) is 0 Å². The maximum atomic E-state index is 12.0. The first-order valence-corrected chi connectivity index (χ1v) is 7.66. The number of benzene rings is 2. The molecule has 0 amide bonds. The standard InChI is InChI=1S/C20H22O4/c1-14-9-10-15(2)19(11-14)24-12-16-7-5-6-8-17(16)18(13-22-3)20(21)23-4/h5-11,13H,12H2,1-4H3/b18-13-. The fourth-order valence-electron chi connectivity index (χ4n) is 2.38. The number of hydrogen-bond acceptors (Lipinski definition) is 4. The minimum atomic E-state index is -0.448. The van der Waals surface area contributed by atoms with Crippen molar-refractivity contribution >= 4 is 11.5 Å². The zero-order chi connectivity index (χ0) is 17.5. The zero-order valence-electron chi connectivity index (χ0n) is 14.5. The van der Waals surface area contributed by atoms with Gasteiger partial charge in [0, 0.05) is 0 Å². The molecule has 0 radical (unpaired) electrons. The maximum absolute atomic E-state index is 12.0. The Bertz CT molecular complexity index is 747. The molecule has 126 valence electrons. The van der Waals surface area contributed by atoms with Crippen molar-refractivity contribution in [3.63, 3.8) is 0 Å². The number of aryl methyl sites for hydroxylation is 2. The zero-order valence-corrected chi connectivity index (χ0v) is 14.5. The van der Waals surface area contributed by atoms with Gasteiger partial charge >= 0.3 is 5.97 Å². The molecule has 0 aliphatic rings. The van der Waals surface area contributed by atoms with E-state index in [-0.39, 0.29) is 0 Å². The van der Waals surface area contributed by atoms with Crippen molar-refractivity contribution in [3.8, 4) is 5.75 Å². The molecular weight excluding hydrogens is 304 g/mol. The van der Waals surface area contributed by atoms with Gasteiger partial charge in [0.05, 0.1) is 20.5 Å². The SMILES string of the molecule is CO/C=C(\C(=O)OC)c1ccccc1COc1cc(C)ccc1C. The van der Waals surface area contributed by atoms with Gasteiger partial charge in [0.1, 0.15) is 17.9 Å². The first-order chi connectivity index (χ1) is 11.6. The lowest BCUT2D eigenvalue weighted by molar-refractivity contribution is -0.133. The van der Waals surface area contributed by atoms with E-state index in [1.807, 2.05) is 56.3 Å². The van der Waals surface area contributed by atoms with Crippen molar-refractivity contribution in [1.82, 2.24) is 0 Å². The summed E-state index contributed by atoms with van der Waals surface area (Å²) < 4.78 is 15.8. The first-order valence-electron chi connectivity index (χ1n) is 7.66. The molecular formula is C20H22O4. The maximum Gasteiger partial charge on any atom is 0.341 e. The predicted octanol–water partition coefficient (Wildman–Crippen LogP) is 4.04. The lowest BCUT2D eigenvalue weighted by Crippen LogP contribution is -2.08. The molecule has 0 bridgehead atoms. The Kier molecular flexibility index (Phi) is 6.01. The molecule has 4 nitrogen and oxygen atoms in total. The highest BCUT2D eigenvalue weighted by molar-refractivity contribution is 6.16. The van der Waals surface area contributed by atoms with Crippen molar-refractivity contribution in [2.24, 2.45) is 0 Å². The van der Waals surface area contributed by atoms with Crippen LogP contribution in [0.2, 0.25) is 0 Å². The topological polar surface area (TPSA) is 44.8 Å². The molecule has 0 heterocycles. The summed E-state index contributed by atoms with van der Waals surface area (Å²) in [7, 11) is 2.85. The van der Waals surface area contributed by atoms with Crippen LogP contribution in [0.5, 0.6) is 5.75 Å². The van der Waals surface area contributed by atoms with Crippen LogP contribution in [0, 0.1) is 13.8 Å². The van der Waals surface area contributed by atoms with Gasteiger partial charge < -0.3 is 14.2 Å². The van der Waals surface area contributed by atoms with Gasteiger partial charge in [0.25, 0.3) is 0 Å². The van der Waals surface area contributed by atoms with E-state index in [0.29, 0.717) is 12.2 Å². The highest BCUT2D eigenvalue weighted by Gasteiger charge is 2.17. The Morgan fingerprint density at radius 3 is 2.54 bits per heavy atom. The number of rotatable bonds is 6. The average molecular weight is 326 g/mol. The highest BCUT2D eigenvalue weighted by atomic mass is 16.5. The summed E-state index contributed by atoms with van der Waals surface area (Å²) in [6.07, 6.45) is 1.39. The number of methoxy groups -OCH3 is 2. The Morgan fingerprint density at radius 1 is 1.08 bits per heavy atom. The average Bonchev–Trinajstić information content (AvgIpc) is 2.60. The quantitative estimate of drug-likeness (QED) is 0.456. The van der Waals surface area contributed by atoms with E-state index >= 15 is 0 Å². The minimum Gasteiger partial charge on any atom is -0.503 e. The molecule has 4 heteroatoms. The molecule has 0 atom stereocenters. The van der Waals surface area contributed by atoms with E-state index in [2.05, 4.69) is 0 Å². The molecule has 0 fully saturated rings. The second kappa shape index (κ2) is 8.20. The number of carbonyl (C=O) groups excluding carboxylic acids is 1. The van der Waals surface area contributed by atoms with Crippen LogP contribution in [0.25, 0.3) is 5.57 Å². The molecule has 24 heavy (non-hydrogen) atoms. The van der Waals surface area contributed by atoms with Crippen molar-refractivity contribution < 1.29 is 19.0 Å². The molecule has 0 spiro atoms. The number of ether oxygens (including phenoxy) is 3. The van der Waals surface area contributed by atoms with Crippen LogP contribution in [0.3, 0.4) is 0 Å². The van der Waals surface area contributed by atoms with Crippen LogP contribution in [-0.4, -0.2) is 20.2 Å². The van der Waals surface area contributed by atoms with Crippen molar-refractivity contribution in [3.05, 3.63) is 71.0 Å². The monoisotopic (exact) mass is 326 g/mol. The fraction of sp³-hybridized carbons (Fsp3) is 0.250. The Morgan fingerprint density at radius 2 is 1.83 bits per heavy atom. The van der Waals surface area contributed by atoms with Gasteiger partial charge in [-0.05, 0) is 42.2 Å². The predicted molar refractivity (Wildman–Crippen MR) is 93.7 cm³/mol. The van der Waals surface area contributed by atoms with Crippen LogP contribution in [0.4, 0.5) is 0 Å². The third kappa shape index (κ3) is 4.16. The number of carbonyl (C=O) groups is 1. The summed E-state index contributed by atoms with van der Waals surface area (Å²) in [6, 6.07) is 13.6. The number of esters is 1. The second-order valence-electron chi connectivity index (χ2n) is 5.47. The van der Waals surface area contributed by atoms with Crippen LogP contribution in [0.1, 0.15) is 22.3 Å². The largest absolute Gasteiger partial charge is 0.503 e. The van der Waals surface area contributed by atoms with E-state index < -0.39 is 5.97 Å². The Balaban J connectivity index is 2.30. The minimum absolute atomic E-state index is 0.346. The van der Waals surface area contributed by atoms with Crippen LogP contribution >= 0.6 is 0 Å². The summed E-state index contributed by atoms with van der Waals surface area (Å²) in [6.45, 7) is 4.38. The Labute approximate surface area is 142 Å². The lowest BCUT2D eigenvalue weighted by atomic mass is 10.0. The molecule has 0 aliphatic carbocycles. The third-order valence-corrected chi connectivity index (χ3v) is 3.68. The van der Waals surface area contributed by atoms with Crippen LogP contribution in [0.15, 0.2) is 48.7 Å². The van der Waals surface area contributed by atoms with Crippen molar-refractivity contribution in [1.29, 1.82) is 0 Å². The normalized spacial score (nSPS) is 11.1. The third-order valence-electron chi connectivity index (χ3n) is 3.68. The van der Waals surface area contributed by atoms with Crippen molar-refractivity contribution in [2.45, 2.75) is 20.5 Å². The van der Waals surface area contributed by atoms with E-state index in [9.17, 15) is 4.79 Å². The van der Waals surface area contributed by atoms with Crippen LogP contribution < -0.4 is 4.74 Å². The smallest absolute Gasteiger partial charge is 0.341 e. The fourth-order valence-corrected chi connectivity index (χ4v) is 2.38. The van der Waals surface area contributed by atoms with Crippen molar-refractivity contribution in [2.75, 3.05) is 14.2 Å². The summed E-state index contributed by atoms with van der Waals surface area (Å²) in [5.74, 6) is 0.385. The highest BCUT2D eigenvalue weighted by Crippen LogP contribution is 2.24. The van der Waals surface area contributed by atoms with Gasteiger partial charge in [0.2, 0.25) is 0 Å². The first kappa shape index (κ1) is 17.6. The molecule has 0 aliphatic heterocycles. The van der Waals surface area contributed by atoms with Gasteiger partial charge in [-0.1, -0.05) is 36.4 Å². The molecule has 0 aromatic heterocycles. The summed E-state index contributed by atoms with van der Waals surface area (Å²) in [5.41, 5.74) is 4.18. The molecule has 2 rings (SSSR count). The summed E-state index contributed by atoms with van der Waals surface area (Å²) in [4.78, 5) is 12.0. The summed E-state index contributed by atoms with van der Waals surface area (Å²) in [5, 5.41) is 0.